The Morgan fingerprint density at radius 3 is 1.84 bits per heavy atom. The summed E-state index contributed by atoms with van der Waals surface area (Å²) < 4.78 is 0. The molecule has 1 aliphatic carbocycles. The Labute approximate surface area is 283 Å². The van der Waals surface area contributed by atoms with E-state index in [2.05, 4.69) is 83.1 Å². The van der Waals surface area contributed by atoms with Gasteiger partial charge in [-0.05, 0) is 62.2 Å². The maximum absolute atomic E-state index is 9.37. The van der Waals surface area contributed by atoms with Crippen molar-refractivity contribution in [1.29, 1.82) is 0 Å². The smallest absolute Gasteiger partial charge is 0.303 e. The fraction of sp³-hybridized carbons (Fsp3) is 0.829. The van der Waals surface area contributed by atoms with Crippen molar-refractivity contribution < 1.29 is 9.90 Å². The number of carboxylic acids is 1. The molecule has 2 rings (SSSR count). The van der Waals surface area contributed by atoms with Crippen LogP contribution >= 0.6 is 0 Å². The summed E-state index contributed by atoms with van der Waals surface area (Å²) in [5, 5.41) is 11.4. The van der Waals surface area contributed by atoms with Crippen LogP contribution in [-0.4, -0.2) is 37.8 Å². The van der Waals surface area contributed by atoms with Gasteiger partial charge in [0, 0.05) is 25.7 Å². The van der Waals surface area contributed by atoms with Gasteiger partial charge in [-0.15, -0.1) is 0 Å². The highest BCUT2D eigenvalue weighted by molar-refractivity contribution is 5.66. The van der Waals surface area contributed by atoms with Crippen LogP contribution in [0.15, 0.2) is 30.3 Å². The van der Waals surface area contributed by atoms with Crippen molar-refractivity contribution in [1.82, 2.24) is 5.32 Å². The predicted octanol–water partition coefficient (Wildman–Crippen LogP) is 12.8. The zero-order valence-electron chi connectivity index (χ0n) is 32.3. The minimum Gasteiger partial charge on any atom is -0.481 e. The molecule has 1 fully saturated rings. The second-order valence-electron chi connectivity index (χ2n) is 13.0. The number of hydrogen-bond acceptors (Lipinski definition) is 3. The molecule has 1 aliphatic rings. The molecule has 0 aromatic heterocycles. The van der Waals surface area contributed by atoms with Crippen LogP contribution < -0.4 is 10.2 Å². The third-order valence-electron chi connectivity index (χ3n) is 8.47. The summed E-state index contributed by atoms with van der Waals surface area (Å²) in [7, 11) is 2.12. The largest absolute Gasteiger partial charge is 0.481 e. The van der Waals surface area contributed by atoms with Crippen molar-refractivity contribution in [2.45, 2.75) is 178 Å². The number of carbonyl (C=O) groups is 1. The molecule has 0 amide bonds. The quantitative estimate of drug-likeness (QED) is 0.125. The zero-order valence-corrected chi connectivity index (χ0v) is 32.3. The number of carboxylic acid groups (broad SMARTS) is 1. The standard InChI is InChI=1S/C18H39N.C10H15N.C8H16.C3H6O2.C2H6/c1-5-8-10-12-13-17(4)15-19-16-18(7-3)14-11-9-6-2;1-3-9-11(2)10-7-5-4-6-8-10;1-8-6-4-2-3-5-7-8;1-2-3(4)5;1-2/h17-19H,5-16H2,1-4H3;4-8H,3,9H2,1-2H3;8H,2-7H2,1H3;2H2,1H3,(H,4,5);1-2H3. The summed E-state index contributed by atoms with van der Waals surface area (Å²) in [4.78, 5) is 11.6. The first-order valence-corrected chi connectivity index (χ1v) is 19.4. The Bertz CT molecular complexity index is 673. The van der Waals surface area contributed by atoms with Gasteiger partial charge in [-0.2, -0.15) is 0 Å². The van der Waals surface area contributed by atoms with Crippen molar-refractivity contribution in [3.63, 3.8) is 0 Å². The Morgan fingerprint density at radius 1 is 0.822 bits per heavy atom. The first kappa shape index (κ1) is 47.9. The molecule has 1 aromatic carbocycles. The Morgan fingerprint density at radius 2 is 1.36 bits per heavy atom. The lowest BCUT2D eigenvalue weighted by atomic mass is 9.98. The van der Waals surface area contributed by atoms with E-state index >= 15 is 0 Å². The molecule has 0 saturated heterocycles. The van der Waals surface area contributed by atoms with Gasteiger partial charge in [0.05, 0.1) is 0 Å². The van der Waals surface area contributed by atoms with E-state index in [4.69, 9.17) is 5.11 Å². The van der Waals surface area contributed by atoms with E-state index in [1.807, 2.05) is 19.9 Å². The third-order valence-corrected chi connectivity index (χ3v) is 8.47. The molecule has 1 saturated carbocycles. The molecule has 0 spiro atoms. The number of anilines is 1. The van der Waals surface area contributed by atoms with Crippen molar-refractivity contribution in [2.75, 3.05) is 31.6 Å². The average Bonchev–Trinajstić information content (AvgIpc) is 3.32. The number of rotatable bonds is 18. The van der Waals surface area contributed by atoms with Gasteiger partial charge in [0.1, 0.15) is 0 Å². The van der Waals surface area contributed by atoms with Crippen LogP contribution in [0.2, 0.25) is 0 Å². The van der Waals surface area contributed by atoms with Crippen LogP contribution in [0.1, 0.15) is 178 Å². The highest BCUT2D eigenvalue weighted by atomic mass is 16.4. The number of nitrogens with zero attached hydrogens (tertiary/aromatic N) is 1. The van der Waals surface area contributed by atoms with Gasteiger partial charge in [-0.3, -0.25) is 4.79 Å². The molecule has 2 N–H and O–H groups in total. The average molecular weight is 635 g/mol. The maximum atomic E-state index is 9.37. The van der Waals surface area contributed by atoms with Crippen LogP contribution in [0.4, 0.5) is 5.69 Å². The number of benzene rings is 1. The third kappa shape index (κ3) is 36.8. The molecule has 0 bridgehead atoms. The van der Waals surface area contributed by atoms with Crippen molar-refractivity contribution in [3.05, 3.63) is 30.3 Å². The lowest BCUT2D eigenvalue weighted by molar-refractivity contribution is -0.136. The topological polar surface area (TPSA) is 52.6 Å². The Kier molecular flexibility index (Phi) is 41.1. The molecular weight excluding hydrogens is 552 g/mol. The molecule has 0 heterocycles. The zero-order chi connectivity index (χ0) is 34.6. The molecule has 2 atom stereocenters. The fourth-order valence-electron chi connectivity index (χ4n) is 5.32. The van der Waals surface area contributed by atoms with E-state index in [-0.39, 0.29) is 6.42 Å². The van der Waals surface area contributed by atoms with Crippen LogP contribution in [0, 0.1) is 17.8 Å². The van der Waals surface area contributed by atoms with Gasteiger partial charge in [-0.25, -0.2) is 0 Å². The van der Waals surface area contributed by atoms with Gasteiger partial charge in [0.15, 0.2) is 0 Å². The van der Waals surface area contributed by atoms with E-state index in [0.717, 1.165) is 24.3 Å². The lowest BCUT2D eigenvalue weighted by Gasteiger charge is -2.18. The monoisotopic (exact) mass is 635 g/mol. The number of unbranched alkanes of at least 4 members (excludes halogenated alkanes) is 5. The number of hydrogen-bond donors (Lipinski definition) is 2. The van der Waals surface area contributed by atoms with E-state index < -0.39 is 5.97 Å². The fourth-order valence-corrected chi connectivity index (χ4v) is 5.32. The molecule has 1 aromatic rings. The minimum absolute atomic E-state index is 0.222. The predicted molar refractivity (Wildman–Crippen MR) is 205 cm³/mol. The second-order valence-corrected chi connectivity index (χ2v) is 13.0. The molecule has 0 radical (unpaired) electrons. The summed E-state index contributed by atoms with van der Waals surface area (Å²) >= 11 is 0. The van der Waals surface area contributed by atoms with E-state index in [1.54, 1.807) is 6.92 Å². The number of para-hydroxylation sites is 1. The van der Waals surface area contributed by atoms with Gasteiger partial charge < -0.3 is 15.3 Å². The molecule has 0 aliphatic heterocycles. The molecular formula is C41H82N2O2. The van der Waals surface area contributed by atoms with Gasteiger partial charge in [0.25, 0.3) is 0 Å². The molecule has 2 unspecified atom stereocenters. The minimum atomic E-state index is -0.745. The maximum Gasteiger partial charge on any atom is 0.303 e. The molecule has 4 heteroatoms. The van der Waals surface area contributed by atoms with E-state index in [1.165, 1.54) is 128 Å². The normalized spacial score (nSPS) is 13.9. The van der Waals surface area contributed by atoms with Crippen LogP contribution in [0.25, 0.3) is 0 Å². The van der Waals surface area contributed by atoms with Crippen LogP contribution in [0.3, 0.4) is 0 Å². The SMILES string of the molecule is CC.CC1CCCCCC1.CCC(=O)O.CCCCCCC(C)CNCC(CC)CCCCC.CCCN(C)c1ccccc1. The Balaban J connectivity index is -0.000000569. The first-order valence-electron chi connectivity index (χ1n) is 19.4. The summed E-state index contributed by atoms with van der Waals surface area (Å²) in [5.74, 6) is 2.03. The van der Waals surface area contributed by atoms with E-state index in [9.17, 15) is 4.79 Å². The van der Waals surface area contributed by atoms with Crippen LogP contribution in [0.5, 0.6) is 0 Å². The summed E-state index contributed by atoms with van der Waals surface area (Å²) in [5.41, 5.74) is 1.30. The highest BCUT2D eigenvalue weighted by Crippen LogP contribution is 2.21. The van der Waals surface area contributed by atoms with Gasteiger partial charge in [-0.1, -0.05) is 170 Å². The van der Waals surface area contributed by atoms with Crippen LogP contribution in [-0.2, 0) is 4.79 Å². The van der Waals surface area contributed by atoms with Gasteiger partial charge in [0.2, 0.25) is 0 Å². The first-order chi connectivity index (χ1) is 21.7. The number of nitrogens with one attached hydrogen (secondary N) is 1. The second kappa shape index (κ2) is 38.6. The van der Waals surface area contributed by atoms with Crippen molar-refractivity contribution in [3.8, 4) is 0 Å². The van der Waals surface area contributed by atoms with E-state index in [0.29, 0.717) is 0 Å². The Hall–Kier alpha value is -1.55. The summed E-state index contributed by atoms with van der Waals surface area (Å²) in [6, 6.07) is 10.5. The lowest BCUT2D eigenvalue weighted by Crippen LogP contribution is -2.27. The summed E-state index contributed by atoms with van der Waals surface area (Å²) in [6.45, 7) is 23.1. The summed E-state index contributed by atoms with van der Waals surface area (Å²) in [6.07, 6.45) is 24.3. The van der Waals surface area contributed by atoms with Gasteiger partial charge >= 0.3 is 5.97 Å². The number of aliphatic carboxylic acids is 1. The molecule has 45 heavy (non-hydrogen) atoms. The van der Waals surface area contributed by atoms with Crippen molar-refractivity contribution in [2.24, 2.45) is 17.8 Å². The molecule has 268 valence electrons. The van der Waals surface area contributed by atoms with Crippen molar-refractivity contribution >= 4 is 11.7 Å². The molecule has 4 nitrogen and oxygen atoms in total. The highest BCUT2D eigenvalue weighted by Gasteiger charge is 2.07.